The molecule has 2 fully saturated rings. The van der Waals surface area contributed by atoms with Gasteiger partial charge in [-0.15, -0.1) is 0 Å². The number of methoxy groups -OCH3 is 1. The van der Waals surface area contributed by atoms with Crippen LogP contribution in [0, 0.1) is 11.8 Å². The quantitative estimate of drug-likeness (QED) is 0.882. The van der Waals surface area contributed by atoms with Crippen molar-refractivity contribution in [1.29, 1.82) is 0 Å². The number of benzene rings is 1. The van der Waals surface area contributed by atoms with E-state index in [0.29, 0.717) is 5.92 Å². The molecule has 1 saturated carbocycles. The Morgan fingerprint density at radius 1 is 1.14 bits per heavy atom. The van der Waals surface area contributed by atoms with E-state index in [4.69, 9.17) is 4.74 Å². The lowest BCUT2D eigenvalue weighted by Crippen LogP contribution is -2.30. The maximum Gasteiger partial charge on any atom is 0.122 e. The lowest BCUT2D eigenvalue weighted by Gasteiger charge is -2.28. The molecule has 1 N–H and O–H groups in total. The molecule has 0 aromatic heterocycles. The fourth-order valence-electron chi connectivity index (χ4n) is 4.23. The van der Waals surface area contributed by atoms with Crippen LogP contribution in [0.2, 0.25) is 0 Å². The zero-order chi connectivity index (χ0) is 15.4. The summed E-state index contributed by atoms with van der Waals surface area (Å²) in [6, 6.07) is 6.94. The lowest BCUT2D eigenvalue weighted by atomic mass is 9.78. The van der Waals surface area contributed by atoms with E-state index in [1.165, 1.54) is 69.2 Å². The molecule has 0 bridgehead atoms. The predicted molar refractivity (Wildman–Crippen MR) is 92.7 cm³/mol. The standard InChI is InChI=1S/C20H31NO/c1-15-5-8-18(9-6-15)19-13-16(7-10-20(19)22-2)12-17-4-3-11-21-14-17/h7,10,13,15,17-18,21H,3-6,8-9,11-12,14H2,1-2H3. The van der Waals surface area contributed by atoms with Gasteiger partial charge in [0.2, 0.25) is 0 Å². The molecule has 1 aliphatic heterocycles. The number of rotatable bonds is 4. The third-order valence-corrected chi connectivity index (χ3v) is 5.67. The van der Waals surface area contributed by atoms with Crippen LogP contribution in [-0.2, 0) is 6.42 Å². The molecule has 2 heteroatoms. The second-order valence-corrected chi connectivity index (χ2v) is 7.45. The molecule has 22 heavy (non-hydrogen) atoms. The number of piperidine rings is 1. The van der Waals surface area contributed by atoms with Gasteiger partial charge in [0.1, 0.15) is 5.75 Å². The Bertz CT molecular complexity index is 471. The van der Waals surface area contributed by atoms with E-state index in [1.807, 2.05) is 7.11 Å². The summed E-state index contributed by atoms with van der Waals surface area (Å²) in [7, 11) is 1.81. The minimum atomic E-state index is 0.704. The van der Waals surface area contributed by atoms with Crippen LogP contribution < -0.4 is 10.1 Å². The zero-order valence-corrected chi connectivity index (χ0v) is 14.2. The highest BCUT2D eigenvalue weighted by molar-refractivity contribution is 5.40. The van der Waals surface area contributed by atoms with Crippen LogP contribution in [-0.4, -0.2) is 20.2 Å². The Hall–Kier alpha value is -1.02. The molecule has 1 aliphatic carbocycles. The van der Waals surface area contributed by atoms with Crippen LogP contribution in [0.3, 0.4) is 0 Å². The van der Waals surface area contributed by atoms with E-state index in [-0.39, 0.29) is 0 Å². The molecule has 1 heterocycles. The SMILES string of the molecule is COc1ccc(CC2CCCNC2)cc1C1CCC(C)CC1. The van der Waals surface area contributed by atoms with Gasteiger partial charge in [-0.3, -0.25) is 0 Å². The van der Waals surface area contributed by atoms with Gasteiger partial charge in [-0.2, -0.15) is 0 Å². The summed E-state index contributed by atoms with van der Waals surface area (Å²) in [6.07, 6.45) is 9.30. The zero-order valence-electron chi connectivity index (χ0n) is 14.2. The Balaban J connectivity index is 1.73. The highest BCUT2D eigenvalue weighted by Crippen LogP contribution is 2.40. The molecule has 0 radical (unpaired) electrons. The van der Waals surface area contributed by atoms with Crippen LogP contribution in [0.1, 0.15) is 62.5 Å². The molecule has 122 valence electrons. The van der Waals surface area contributed by atoms with Crippen LogP contribution in [0.4, 0.5) is 0 Å². The lowest BCUT2D eigenvalue weighted by molar-refractivity contribution is 0.335. The fraction of sp³-hybridized carbons (Fsp3) is 0.700. The van der Waals surface area contributed by atoms with Gasteiger partial charge in [-0.1, -0.05) is 31.9 Å². The maximum atomic E-state index is 5.66. The summed E-state index contributed by atoms with van der Waals surface area (Å²) >= 11 is 0. The molecular formula is C20H31NO. The highest BCUT2D eigenvalue weighted by atomic mass is 16.5. The molecule has 2 aliphatic rings. The van der Waals surface area contributed by atoms with Crippen LogP contribution in [0.15, 0.2) is 18.2 Å². The van der Waals surface area contributed by atoms with Gasteiger partial charge in [0.15, 0.2) is 0 Å². The Kier molecular flexibility index (Phi) is 5.41. The highest BCUT2D eigenvalue weighted by Gasteiger charge is 2.23. The van der Waals surface area contributed by atoms with Crippen molar-refractivity contribution < 1.29 is 4.74 Å². The van der Waals surface area contributed by atoms with E-state index in [1.54, 1.807) is 0 Å². The first-order valence-electron chi connectivity index (χ1n) is 9.13. The number of nitrogens with one attached hydrogen (secondary N) is 1. The van der Waals surface area contributed by atoms with Crippen molar-refractivity contribution in [1.82, 2.24) is 5.32 Å². The van der Waals surface area contributed by atoms with Crippen molar-refractivity contribution in [3.05, 3.63) is 29.3 Å². The molecule has 0 amide bonds. The fourth-order valence-corrected chi connectivity index (χ4v) is 4.23. The topological polar surface area (TPSA) is 21.3 Å². The monoisotopic (exact) mass is 301 g/mol. The van der Waals surface area contributed by atoms with Gasteiger partial charge in [-0.05, 0) is 80.1 Å². The van der Waals surface area contributed by atoms with Crippen molar-refractivity contribution in [3.63, 3.8) is 0 Å². The summed E-state index contributed by atoms with van der Waals surface area (Å²) in [6.45, 7) is 4.77. The Morgan fingerprint density at radius 3 is 2.64 bits per heavy atom. The molecule has 3 rings (SSSR count). The van der Waals surface area contributed by atoms with Crippen LogP contribution in [0.5, 0.6) is 5.75 Å². The molecule has 1 aromatic carbocycles. The van der Waals surface area contributed by atoms with Gasteiger partial charge in [0.25, 0.3) is 0 Å². The molecule has 0 spiro atoms. The minimum absolute atomic E-state index is 0.704. The third-order valence-electron chi connectivity index (χ3n) is 5.67. The summed E-state index contributed by atoms with van der Waals surface area (Å²) in [5.41, 5.74) is 2.97. The first-order valence-corrected chi connectivity index (χ1v) is 9.13. The van der Waals surface area contributed by atoms with Crippen molar-refractivity contribution in [2.45, 2.75) is 57.8 Å². The van der Waals surface area contributed by atoms with E-state index in [0.717, 1.165) is 17.6 Å². The normalized spacial score (nSPS) is 29.3. The predicted octanol–water partition coefficient (Wildman–Crippen LogP) is 4.53. The van der Waals surface area contributed by atoms with Gasteiger partial charge in [0, 0.05) is 0 Å². The molecule has 2 nitrogen and oxygen atoms in total. The average molecular weight is 301 g/mol. The molecule has 1 aromatic rings. The van der Waals surface area contributed by atoms with Crippen molar-refractivity contribution in [2.75, 3.05) is 20.2 Å². The van der Waals surface area contributed by atoms with Gasteiger partial charge in [0.05, 0.1) is 7.11 Å². The average Bonchev–Trinajstić information content (AvgIpc) is 2.56. The number of hydrogen-bond acceptors (Lipinski definition) is 2. The van der Waals surface area contributed by atoms with Crippen LogP contribution in [0.25, 0.3) is 0 Å². The minimum Gasteiger partial charge on any atom is -0.496 e. The molecule has 1 saturated heterocycles. The van der Waals surface area contributed by atoms with Crippen LogP contribution >= 0.6 is 0 Å². The van der Waals surface area contributed by atoms with E-state index < -0.39 is 0 Å². The molecular weight excluding hydrogens is 270 g/mol. The van der Waals surface area contributed by atoms with Crippen molar-refractivity contribution in [3.8, 4) is 5.75 Å². The summed E-state index contributed by atoms with van der Waals surface area (Å²) < 4.78 is 5.66. The first-order chi connectivity index (χ1) is 10.8. The molecule has 1 atom stereocenters. The summed E-state index contributed by atoms with van der Waals surface area (Å²) in [4.78, 5) is 0. The first kappa shape index (κ1) is 15.9. The second-order valence-electron chi connectivity index (χ2n) is 7.45. The van der Waals surface area contributed by atoms with E-state index in [9.17, 15) is 0 Å². The van der Waals surface area contributed by atoms with Gasteiger partial charge >= 0.3 is 0 Å². The third kappa shape index (κ3) is 3.84. The van der Waals surface area contributed by atoms with Gasteiger partial charge in [-0.25, -0.2) is 0 Å². The Morgan fingerprint density at radius 2 is 1.95 bits per heavy atom. The largest absolute Gasteiger partial charge is 0.496 e. The number of ether oxygens (including phenoxy) is 1. The molecule has 1 unspecified atom stereocenters. The van der Waals surface area contributed by atoms with E-state index >= 15 is 0 Å². The second kappa shape index (κ2) is 7.50. The van der Waals surface area contributed by atoms with Gasteiger partial charge < -0.3 is 10.1 Å². The maximum absolute atomic E-state index is 5.66. The summed E-state index contributed by atoms with van der Waals surface area (Å²) in [5.74, 6) is 3.51. The number of hydrogen-bond donors (Lipinski definition) is 1. The summed E-state index contributed by atoms with van der Waals surface area (Å²) in [5, 5.41) is 3.54. The van der Waals surface area contributed by atoms with Crippen molar-refractivity contribution in [2.24, 2.45) is 11.8 Å². The smallest absolute Gasteiger partial charge is 0.122 e. The Labute approximate surface area is 135 Å². The van der Waals surface area contributed by atoms with Crippen molar-refractivity contribution >= 4 is 0 Å². The van der Waals surface area contributed by atoms with E-state index in [2.05, 4.69) is 30.4 Å².